The van der Waals surface area contributed by atoms with Crippen molar-refractivity contribution in [1.29, 1.82) is 0 Å². The third-order valence-corrected chi connectivity index (χ3v) is 1.95. The Bertz CT molecular complexity index is 146. The van der Waals surface area contributed by atoms with Crippen molar-refractivity contribution in [2.24, 2.45) is 0 Å². The third-order valence-electron chi connectivity index (χ3n) is 1.95. The Balaban J connectivity index is 2.15. The van der Waals surface area contributed by atoms with Crippen LogP contribution in [0.25, 0.3) is 0 Å². The molecule has 0 aromatic rings. The van der Waals surface area contributed by atoms with Crippen LogP contribution in [0.5, 0.6) is 0 Å². The third kappa shape index (κ3) is 0.645. The van der Waals surface area contributed by atoms with E-state index < -0.39 is 0 Å². The first kappa shape index (κ1) is 5.23. The van der Waals surface area contributed by atoms with E-state index in [9.17, 15) is 4.79 Å². The smallest absolute Gasteiger partial charge is 0.246 e. The number of hydrogen-bond acceptors (Lipinski definition) is 2. The lowest BCUT2D eigenvalue weighted by Crippen LogP contribution is -2.25. The minimum atomic E-state index is 0.164. The highest BCUT2D eigenvalue weighted by molar-refractivity contribution is 5.77. The fourth-order valence-corrected chi connectivity index (χ4v) is 1.45. The van der Waals surface area contributed by atoms with Gasteiger partial charge in [-0.05, 0) is 12.8 Å². The Hall–Kier alpha value is -0.570. The Kier molecular flexibility index (Phi) is 0.990. The van der Waals surface area contributed by atoms with Gasteiger partial charge in [0.1, 0.15) is 0 Å². The lowest BCUT2D eigenvalue weighted by atomic mass is 10.2. The van der Waals surface area contributed by atoms with Crippen LogP contribution in [0.1, 0.15) is 19.3 Å². The predicted molar refractivity (Wildman–Crippen MR) is 30.4 cm³/mol. The van der Waals surface area contributed by atoms with Gasteiger partial charge in [-0.3, -0.25) is 9.63 Å². The molecule has 1 unspecified atom stereocenters. The zero-order chi connectivity index (χ0) is 6.27. The van der Waals surface area contributed by atoms with Crippen LogP contribution in [0.2, 0.25) is 0 Å². The van der Waals surface area contributed by atoms with E-state index in [4.69, 9.17) is 4.84 Å². The SMILES string of the molecule is O=C1CCC2CCON12. The number of hydroxylamine groups is 2. The normalized spacial score (nSPS) is 33.6. The Morgan fingerprint density at radius 2 is 2.44 bits per heavy atom. The second-order valence-corrected chi connectivity index (χ2v) is 2.53. The van der Waals surface area contributed by atoms with Gasteiger partial charge in [0.25, 0.3) is 0 Å². The van der Waals surface area contributed by atoms with Crippen LogP contribution in [-0.4, -0.2) is 23.6 Å². The molecule has 0 aromatic heterocycles. The molecule has 2 aliphatic rings. The topological polar surface area (TPSA) is 29.5 Å². The van der Waals surface area contributed by atoms with Crippen molar-refractivity contribution in [3.63, 3.8) is 0 Å². The van der Waals surface area contributed by atoms with E-state index in [1.165, 1.54) is 0 Å². The molecular formula is C6H9NO2. The number of nitrogens with zero attached hydrogens (tertiary/aromatic N) is 1. The van der Waals surface area contributed by atoms with Gasteiger partial charge in [0.05, 0.1) is 12.6 Å². The molecule has 0 radical (unpaired) electrons. The van der Waals surface area contributed by atoms with Gasteiger partial charge < -0.3 is 0 Å². The van der Waals surface area contributed by atoms with E-state index in [0.717, 1.165) is 19.4 Å². The number of amides is 1. The fraction of sp³-hybridized carbons (Fsp3) is 0.833. The zero-order valence-corrected chi connectivity index (χ0v) is 5.17. The molecule has 2 saturated heterocycles. The van der Waals surface area contributed by atoms with Crippen molar-refractivity contribution >= 4 is 5.91 Å². The minimum absolute atomic E-state index is 0.164. The molecule has 0 saturated carbocycles. The summed E-state index contributed by atoms with van der Waals surface area (Å²) in [6, 6.07) is 0.414. The largest absolute Gasteiger partial charge is 0.273 e. The molecule has 0 spiro atoms. The maximum atomic E-state index is 10.9. The van der Waals surface area contributed by atoms with E-state index in [-0.39, 0.29) is 5.91 Å². The molecule has 2 fully saturated rings. The zero-order valence-electron chi connectivity index (χ0n) is 5.17. The number of carbonyl (C=O) groups is 1. The molecule has 0 bridgehead atoms. The van der Waals surface area contributed by atoms with E-state index >= 15 is 0 Å². The Morgan fingerprint density at radius 1 is 1.56 bits per heavy atom. The summed E-state index contributed by atoms with van der Waals surface area (Å²) in [6.07, 6.45) is 2.72. The van der Waals surface area contributed by atoms with E-state index in [1.807, 2.05) is 0 Å². The van der Waals surface area contributed by atoms with Gasteiger partial charge in [-0.15, -0.1) is 0 Å². The molecule has 0 aromatic carbocycles. The highest BCUT2D eigenvalue weighted by atomic mass is 16.7. The van der Waals surface area contributed by atoms with Gasteiger partial charge in [-0.2, -0.15) is 0 Å². The summed E-state index contributed by atoms with van der Waals surface area (Å²) < 4.78 is 0. The van der Waals surface area contributed by atoms with Gasteiger partial charge in [0.2, 0.25) is 5.91 Å². The maximum absolute atomic E-state index is 10.9. The summed E-state index contributed by atoms with van der Waals surface area (Å²) in [5, 5.41) is 1.54. The van der Waals surface area contributed by atoms with E-state index in [1.54, 1.807) is 5.06 Å². The van der Waals surface area contributed by atoms with Crippen molar-refractivity contribution in [3.05, 3.63) is 0 Å². The highest BCUT2D eigenvalue weighted by Gasteiger charge is 2.35. The molecule has 50 valence electrons. The molecule has 0 N–H and O–H groups in total. The van der Waals surface area contributed by atoms with Crippen LogP contribution < -0.4 is 0 Å². The molecule has 1 amide bonds. The lowest BCUT2D eigenvalue weighted by molar-refractivity contribution is -0.167. The summed E-state index contributed by atoms with van der Waals surface area (Å²) in [5.41, 5.74) is 0. The first-order valence-electron chi connectivity index (χ1n) is 3.33. The first-order valence-corrected chi connectivity index (χ1v) is 3.33. The molecule has 3 heteroatoms. The number of fused-ring (bicyclic) bond motifs is 1. The first-order chi connectivity index (χ1) is 4.38. The second kappa shape index (κ2) is 1.70. The summed E-state index contributed by atoms with van der Waals surface area (Å²) >= 11 is 0. The average molecular weight is 127 g/mol. The van der Waals surface area contributed by atoms with Crippen LogP contribution in [0.15, 0.2) is 0 Å². The summed E-state index contributed by atoms with van der Waals surface area (Å²) in [6.45, 7) is 0.733. The molecule has 2 heterocycles. The van der Waals surface area contributed by atoms with Crippen LogP contribution in [0, 0.1) is 0 Å². The average Bonchev–Trinajstić information content (AvgIpc) is 2.35. The van der Waals surface area contributed by atoms with Crippen LogP contribution in [-0.2, 0) is 9.63 Å². The van der Waals surface area contributed by atoms with E-state index in [2.05, 4.69) is 0 Å². The lowest BCUT2D eigenvalue weighted by Gasteiger charge is -2.11. The van der Waals surface area contributed by atoms with Gasteiger partial charge in [-0.1, -0.05) is 0 Å². The molecule has 9 heavy (non-hydrogen) atoms. The van der Waals surface area contributed by atoms with E-state index in [0.29, 0.717) is 12.5 Å². The molecule has 2 rings (SSSR count). The fourth-order valence-electron chi connectivity index (χ4n) is 1.45. The van der Waals surface area contributed by atoms with Gasteiger partial charge >= 0.3 is 0 Å². The molecule has 1 atom stereocenters. The maximum Gasteiger partial charge on any atom is 0.246 e. The molecule has 2 aliphatic heterocycles. The van der Waals surface area contributed by atoms with Crippen molar-refractivity contribution < 1.29 is 9.63 Å². The number of rotatable bonds is 0. The molecule has 0 aliphatic carbocycles. The second-order valence-electron chi connectivity index (χ2n) is 2.53. The molecular weight excluding hydrogens is 118 g/mol. The standard InChI is InChI=1S/C6H9NO2/c8-6-2-1-5-3-4-9-7(5)6/h5H,1-4H2. The minimum Gasteiger partial charge on any atom is -0.273 e. The molecule has 3 nitrogen and oxygen atoms in total. The van der Waals surface area contributed by atoms with Crippen molar-refractivity contribution in [2.45, 2.75) is 25.3 Å². The summed E-state index contributed by atoms with van der Waals surface area (Å²) in [5.74, 6) is 0.164. The number of carbonyl (C=O) groups excluding carboxylic acids is 1. The van der Waals surface area contributed by atoms with Crippen molar-refractivity contribution in [3.8, 4) is 0 Å². The van der Waals surface area contributed by atoms with Crippen molar-refractivity contribution in [1.82, 2.24) is 5.06 Å². The quantitative estimate of drug-likeness (QED) is 0.468. The van der Waals surface area contributed by atoms with Crippen LogP contribution in [0.4, 0.5) is 0 Å². The Morgan fingerprint density at radius 3 is 3.22 bits per heavy atom. The predicted octanol–water partition coefficient (Wildman–Crippen LogP) is 0.313. The van der Waals surface area contributed by atoms with Crippen LogP contribution in [0.3, 0.4) is 0 Å². The van der Waals surface area contributed by atoms with Gasteiger partial charge in [0, 0.05) is 6.42 Å². The number of hydrogen-bond donors (Lipinski definition) is 0. The monoisotopic (exact) mass is 127 g/mol. The summed E-state index contributed by atoms with van der Waals surface area (Å²) in [4.78, 5) is 15.9. The van der Waals surface area contributed by atoms with Gasteiger partial charge in [-0.25, -0.2) is 5.06 Å². The Labute approximate surface area is 53.5 Å². The highest BCUT2D eigenvalue weighted by Crippen LogP contribution is 2.26. The van der Waals surface area contributed by atoms with Crippen LogP contribution >= 0.6 is 0 Å². The van der Waals surface area contributed by atoms with Crippen molar-refractivity contribution in [2.75, 3.05) is 6.61 Å². The van der Waals surface area contributed by atoms with Gasteiger partial charge in [0.15, 0.2) is 0 Å². The summed E-state index contributed by atoms with van der Waals surface area (Å²) in [7, 11) is 0.